The highest BCUT2D eigenvalue weighted by atomic mass is 16.5. The maximum absolute atomic E-state index is 12.1. The standard InChI is InChI=1S/C16H18O4/c1-4-20-16(19)14(12(3)17)10-11(2)15(18)13-8-6-5-7-9-13/h5-9,14H,2,4,10H2,1,3H3. The second kappa shape index (κ2) is 7.38. The van der Waals surface area contributed by atoms with Crippen LogP contribution >= 0.6 is 0 Å². The number of allylic oxidation sites excluding steroid dienone is 1. The minimum Gasteiger partial charge on any atom is -0.465 e. The number of carbonyl (C=O) groups is 3. The second-order valence-corrected chi connectivity index (χ2v) is 4.42. The van der Waals surface area contributed by atoms with Crippen LogP contribution in [-0.4, -0.2) is 24.1 Å². The summed E-state index contributed by atoms with van der Waals surface area (Å²) in [7, 11) is 0. The molecule has 0 amide bonds. The van der Waals surface area contributed by atoms with Gasteiger partial charge in [-0.2, -0.15) is 0 Å². The topological polar surface area (TPSA) is 60.4 Å². The number of ketones is 2. The predicted molar refractivity (Wildman–Crippen MR) is 75.3 cm³/mol. The maximum Gasteiger partial charge on any atom is 0.316 e. The van der Waals surface area contributed by atoms with Crippen molar-refractivity contribution in [3.8, 4) is 0 Å². The zero-order valence-corrected chi connectivity index (χ0v) is 11.7. The Kier molecular flexibility index (Phi) is 5.84. The summed E-state index contributed by atoms with van der Waals surface area (Å²) in [6.07, 6.45) is -0.0120. The fourth-order valence-corrected chi connectivity index (χ4v) is 1.77. The molecule has 1 aromatic rings. The van der Waals surface area contributed by atoms with Crippen LogP contribution in [0.3, 0.4) is 0 Å². The summed E-state index contributed by atoms with van der Waals surface area (Å²) in [4.78, 5) is 35.3. The van der Waals surface area contributed by atoms with E-state index in [4.69, 9.17) is 4.74 Å². The molecule has 20 heavy (non-hydrogen) atoms. The van der Waals surface area contributed by atoms with Crippen LogP contribution in [0.25, 0.3) is 0 Å². The third-order valence-corrected chi connectivity index (χ3v) is 2.87. The molecule has 0 spiro atoms. The van der Waals surface area contributed by atoms with E-state index in [2.05, 4.69) is 6.58 Å². The average molecular weight is 274 g/mol. The third-order valence-electron chi connectivity index (χ3n) is 2.87. The number of Topliss-reactive ketones (excluding diaryl/α,β-unsaturated/α-hetero) is 2. The number of benzene rings is 1. The van der Waals surface area contributed by atoms with Gasteiger partial charge >= 0.3 is 5.97 Å². The van der Waals surface area contributed by atoms with Gasteiger partial charge in [-0.25, -0.2) is 0 Å². The molecule has 0 fully saturated rings. The molecule has 0 radical (unpaired) electrons. The summed E-state index contributed by atoms with van der Waals surface area (Å²) in [6.45, 7) is 6.86. The number of esters is 1. The van der Waals surface area contributed by atoms with Crippen molar-refractivity contribution in [2.75, 3.05) is 6.61 Å². The van der Waals surface area contributed by atoms with Crippen LogP contribution in [-0.2, 0) is 14.3 Å². The highest BCUT2D eigenvalue weighted by Crippen LogP contribution is 2.17. The molecule has 1 unspecified atom stereocenters. The Bertz CT molecular complexity index is 517. The molecule has 0 aliphatic rings. The Labute approximate surface area is 118 Å². The lowest BCUT2D eigenvalue weighted by Gasteiger charge is -2.13. The number of rotatable bonds is 7. The van der Waals surface area contributed by atoms with E-state index < -0.39 is 11.9 Å². The molecule has 0 bridgehead atoms. The maximum atomic E-state index is 12.1. The Morgan fingerprint density at radius 1 is 1.20 bits per heavy atom. The normalized spacial score (nSPS) is 11.5. The van der Waals surface area contributed by atoms with Gasteiger partial charge < -0.3 is 4.74 Å². The van der Waals surface area contributed by atoms with Crippen molar-refractivity contribution in [3.05, 3.63) is 48.0 Å². The van der Waals surface area contributed by atoms with Crippen molar-refractivity contribution < 1.29 is 19.1 Å². The van der Waals surface area contributed by atoms with Gasteiger partial charge in [0.25, 0.3) is 0 Å². The lowest BCUT2D eigenvalue weighted by atomic mass is 9.92. The zero-order chi connectivity index (χ0) is 15.1. The molecule has 4 heteroatoms. The largest absolute Gasteiger partial charge is 0.465 e. The highest BCUT2D eigenvalue weighted by Gasteiger charge is 2.27. The van der Waals surface area contributed by atoms with E-state index in [1.807, 2.05) is 0 Å². The molecule has 1 rings (SSSR count). The molecule has 0 aliphatic carbocycles. The van der Waals surface area contributed by atoms with Gasteiger partial charge in [0.2, 0.25) is 0 Å². The van der Waals surface area contributed by atoms with Gasteiger partial charge in [0, 0.05) is 5.56 Å². The fraction of sp³-hybridized carbons (Fsp3) is 0.312. The second-order valence-electron chi connectivity index (χ2n) is 4.42. The van der Waals surface area contributed by atoms with Crippen molar-refractivity contribution in [2.45, 2.75) is 20.3 Å². The van der Waals surface area contributed by atoms with Crippen molar-refractivity contribution in [1.29, 1.82) is 0 Å². The van der Waals surface area contributed by atoms with Crippen molar-refractivity contribution in [3.63, 3.8) is 0 Å². The van der Waals surface area contributed by atoms with Gasteiger partial charge in [0.1, 0.15) is 11.7 Å². The molecule has 1 aromatic carbocycles. The van der Waals surface area contributed by atoms with E-state index in [-0.39, 0.29) is 30.2 Å². The molecule has 1 atom stereocenters. The Morgan fingerprint density at radius 3 is 2.30 bits per heavy atom. The first-order valence-corrected chi connectivity index (χ1v) is 6.42. The molecule has 0 saturated heterocycles. The summed E-state index contributed by atoms with van der Waals surface area (Å²) < 4.78 is 4.84. The van der Waals surface area contributed by atoms with Gasteiger partial charge in [0.15, 0.2) is 5.78 Å². The van der Waals surface area contributed by atoms with Crippen molar-refractivity contribution >= 4 is 17.5 Å². The number of carbonyl (C=O) groups excluding carboxylic acids is 3. The molecule has 0 saturated carbocycles. The lowest BCUT2D eigenvalue weighted by molar-refractivity contribution is -0.151. The van der Waals surface area contributed by atoms with E-state index in [0.29, 0.717) is 5.56 Å². The van der Waals surface area contributed by atoms with Gasteiger partial charge in [-0.1, -0.05) is 36.9 Å². The Balaban J connectivity index is 2.79. The van der Waals surface area contributed by atoms with Gasteiger partial charge in [-0.05, 0) is 25.8 Å². The van der Waals surface area contributed by atoms with Crippen LogP contribution in [0, 0.1) is 5.92 Å². The van der Waals surface area contributed by atoms with E-state index in [9.17, 15) is 14.4 Å². The predicted octanol–water partition coefficient (Wildman–Crippen LogP) is 2.58. The van der Waals surface area contributed by atoms with Crippen LogP contribution < -0.4 is 0 Å². The van der Waals surface area contributed by atoms with Gasteiger partial charge in [0.05, 0.1) is 6.61 Å². The summed E-state index contributed by atoms with van der Waals surface area (Å²) in [5.41, 5.74) is 0.716. The minimum absolute atomic E-state index is 0.0120. The number of ether oxygens (including phenoxy) is 1. The van der Waals surface area contributed by atoms with Crippen LogP contribution in [0.1, 0.15) is 30.6 Å². The minimum atomic E-state index is -0.963. The third kappa shape index (κ3) is 4.16. The lowest BCUT2D eigenvalue weighted by Crippen LogP contribution is -2.26. The number of hydrogen-bond donors (Lipinski definition) is 0. The number of hydrogen-bond acceptors (Lipinski definition) is 4. The van der Waals surface area contributed by atoms with Crippen molar-refractivity contribution in [1.82, 2.24) is 0 Å². The fourth-order valence-electron chi connectivity index (χ4n) is 1.77. The monoisotopic (exact) mass is 274 g/mol. The van der Waals surface area contributed by atoms with Crippen molar-refractivity contribution in [2.24, 2.45) is 5.92 Å². The Hall–Kier alpha value is -2.23. The molecule has 0 aromatic heterocycles. The zero-order valence-electron chi connectivity index (χ0n) is 11.7. The summed E-state index contributed by atoms with van der Waals surface area (Å²) in [5.74, 6) is -2.16. The van der Waals surface area contributed by atoms with Crippen LogP contribution in [0.5, 0.6) is 0 Å². The van der Waals surface area contributed by atoms with Gasteiger partial charge in [-0.3, -0.25) is 14.4 Å². The molecule has 0 N–H and O–H groups in total. The average Bonchev–Trinajstić information content (AvgIpc) is 2.44. The Morgan fingerprint density at radius 2 is 1.80 bits per heavy atom. The van der Waals surface area contributed by atoms with Crippen LogP contribution in [0.4, 0.5) is 0 Å². The van der Waals surface area contributed by atoms with Crippen LogP contribution in [0.15, 0.2) is 42.5 Å². The quantitative estimate of drug-likeness (QED) is 0.332. The first-order chi connectivity index (χ1) is 9.47. The van der Waals surface area contributed by atoms with E-state index >= 15 is 0 Å². The van der Waals surface area contributed by atoms with Crippen LogP contribution in [0.2, 0.25) is 0 Å². The highest BCUT2D eigenvalue weighted by molar-refractivity contribution is 6.09. The smallest absolute Gasteiger partial charge is 0.316 e. The summed E-state index contributed by atoms with van der Waals surface area (Å²) in [5, 5.41) is 0. The molecule has 106 valence electrons. The molecular weight excluding hydrogens is 256 g/mol. The molecule has 4 nitrogen and oxygen atoms in total. The summed E-state index contributed by atoms with van der Waals surface area (Å²) in [6, 6.07) is 8.63. The van der Waals surface area contributed by atoms with E-state index in [1.165, 1.54) is 6.92 Å². The first-order valence-electron chi connectivity index (χ1n) is 6.42. The SMILES string of the molecule is C=C(CC(C(C)=O)C(=O)OCC)C(=O)c1ccccc1. The van der Waals surface area contributed by atoms with E-state index in [0.717, 1.165) is 0 Å². The van der Waals surface area contributed by atoms with Gasteiger partial charge in [-0.15, -0.1) is 0 Å². The van der Waals surface area contributed by atoms with E-state index in [1.54, 1.807) is 37.3 Å². The molecule has 0 aliphatic heterocycles. The molecular formula is C16H18O4. The first kappa shape index (κ1) is 15.8. The molecule has 0 heterocycles. The summed E-state index contributed by atoms with van der Waals surface area (Å²) >= 11 is 0.